The largest absolute Gasteiger partial charge is 0.324 e. The summed E-state index contributed by atoms with van der Waals surface area (Å²) in [6.07, 6.45) is 4.48. The van der Waals surface area contributed by atoms with Crippen LogP contribution in [0.4, 0.5) is 5.69 Å². The highest BCUT2D eigenvalue weighted by molar-refractivity contribution is 8.00. The fourth-order valence-corrected chi connectivity index (χ4v) is 5.64. The fourth-order valence-electron chi connectivity index (χ4n) is 3.63. The van der Waals surface area contributed by atoms with Crippen LogP contribution in [0.25, 0.3) is 0 Å². The number of hydrogen-bond donors (Lipinski definition) is 1. The highest BCUT2D eigenvalue weighted by Gasteiger charge is 2.35. The number of aromatic nitrogens is 4. The van der Waals surface area contributed by atoms with Gasteiger partial charge in [0.15, 0.2) is 0 Å². The van der Waals surface area contributed by atoms with Crippen molar-refractivity contribution in [3.63, 3.8) is 0 Å². The maximum Gasteiger partial charge on any atom is 0.248 e. The van der Waals surface area contributed by atoms with Crippen molar-refractivity contribution >= 4 is 41.0 Å². The van der Waals surface area contributed by atoms with Gasteiger partial charge in [0.25, 0.3) is 0 Å². The summed E-state index contributed by atoms with van der Waals surface area (Å²) in [6, 6.07) is 8.49. The highest BCUT2D eigenvalue weighted by Crippen LogP contribution is 2.32. The van der Waals surface area contributed by atoms with Gasteiger partial charge in [-0.25, -0.2) is 4.68 Å². The third-order valence-electron chi connectivity index (χ3n) is 5.24. The lowest BCUT2D eigenvalue weighted by Gasteiger charge is -2.23. The molecule has 1 unspecified atom stereocenters. The Balaban J connectivity index is 1.35. The topological polar surface area (TPSA) is 117 Å². The van der Waals surface area contributed by atoms with Crippen molar-refractivity contribution in [2.75, 3.05) is 22.7 Å². The van der Waals surface area contributed by atoms with Crippen LogP contribution < -0.4 is 5.32 Å². The average molecular weight is 444 g/mol. The molecule has 1 aromatic carbocycles. The van der Waals surface area contributed by atoms with Crippen LogP contribution in [-0.2, 0) is 9.59 Å². The van der Waals surface area contributed by atoms with Crippen molar-refractivity contribution in [1.82, 2.24) is 25.1 Å². The minimum atomic E-state index is -0.524. The van der Waals surface area contributed by atoms with Crippen molar-refractivity contribution in [3.05, 3.63) is 29.8 Å². The molecule has 0 spiro atoms. The van der Waals surface area contributed by atoms with Gasteiger partial charge in [-0.05, 0) is 47.5 Å². The number of anilines is 1. The van der Waals surface area contributed by atoms with Crippen LogP contribution in [0.1, 0.15) is 37.3 Å². The number of tetrazole rings is 1. The summed E-state index contributed by atoms with van der Waals surface area (Å²) in [5.74, 6) is 0.898. The first-order chi connectivity index (χ1) is 14.7. The van der Waals surface area contributed by atoms with Gasteiger partial charge in [0, 0.05) is 11.4 Å². The van der Waals surface area contributed by atoms with E-state index in [1.807, 2.05) is 10.8 Å². The molecule has 30 heavy (non-hydrogen) atoms. The van der Waals surface area contributed by atoms with Gasteiger partial charge in [-0.3, -0.25) is 9.59 Å². The number of nitrogens with zero attached hydrogens (tertiary/aromatic N) is 6. The maximum atomic E-state index is 12.8. The molecule has 9 nitrogen and oxygen atoms in total. The first-order valence-electron chi connectivity index (χ1n) is 9.74. The van der Waals surface area contributed by atoms with Gasteiger partial charge in [0.1, 0.15) is 6.04 Å². The van der Waals surface area contributed by atoms with E-state index in [0.29, 0.717) is 34.1 Å². The predicted octanol–water partition coefficient (Wildman–Crippen LogP) is 2.29. The van der Waals surface area contributed by atoms with E-state index in [1.165, 1.54) is 24.6 Å². The third kappa shape index (κ3) is 4.60. The number of thioether (sulfide) groups is 2. The van der Waals surface area contributed by atoms with Crippen LogP contribution in [-0.4, -0.2) is 60.3 Å². The van der Waals surface area contributed by atoms with Crippen LogP contribution in [0.5, 0.6) is 0 Å². The van der Waals surface area contributed by atoms with Gasteiger partial charge < -0.3 is 10.2 Å². The van der Waals surface area contributed by atoms with Crippen LogP contribution in [0.2, 0.25) is 0 Å². The first kappa shape index (κ1) is 20.7. The zero-order chi connectivity index (χ0) is 20.9. The van der Waals surface area contributed by atoms with Crippen molar-refractivity contribution < 1.29 is 9.59 Å². The number of carbonyl (C=O) groups excluding carboxylic acids is 2. The molecule has 1 N–H and O–H groups in total. The molecule has 2 aliphatic rings. The molecule has 2 amide bonds. The van der Waals surface area contributed by atoms with Crippen LogP contribution in [0, 0.1) is 11.3 Å². The van der Waals surface area contributed by atoms with Gasteiger partial charge in [-0.1, -0.05) is 24.6 Å². The molecule has 1 aliphatic heterocycles. The maximum absolute atomic E-state index is 12.8. The molecule has 11 heteroatoms. The third-order valence-corrected chi connectivity index (χ3v) is 7.18. The van der Waals surface area contributed by atoms with E-state index in [4.69, 9.17) is 5.26 Å². The second kappa shape index (κ2) is 9.49. The first-order valence-corrected chi connectivity index (χ1v) is 11.9. The van der Waals surface area contributed by atoms with E-state index in [0.717, 1.165) is 12.8 Å². The molecule has 1 atom stereocenters. The number of carbonyl (C=O) groups is 2. The summed E-state index contributed by atoms with van der Waals surface area (Å²) in [5, 5.41) is 24.3. The number of nitrogens with one attached hydrogen (secondary N) is 1. The molecule has 1 saturated heterocycles. The van der Waals surface area contributed by atoms with Crippen LogP contribution in [0.3, 0.4) is 0 Å². The Bertz CT molecular complexity index is 951. The van der Waals surface area contributed by atoms with Gasteiger partial charge in [-0.15, -0.1) is 16.9 Å². The smallest absolute Gasteiger partial charge is 0.248 e. The Labute approximate surface area is 182 Å². The molecule has 2 heterocycles. The van der Waals surface area contributed by atoms with E-state index in [9.17, 15) is 9.59 Å². The Hall–Kier alpha value is -2.58. The molecular weight excluding hydrogens is 422 g/mol. The molecule has 1 aliphatic carbocycles. The number of hydrogen-bond acceptors (Lipinski definition) is 8. The van der Waals surface area contributed by atoms with Crippen LogP contribution >= 0.6 is 23.5 Å². The molecule has 1 saturated carbocycles. The highest BCUT2D eigenvalue weighted by atomic mass is 32.2. The Morgan fingerprint density at radius 1 is 1.27 bits per heavy atom. The van der Waals surface area contributed by atoms with Gasteiger partial charge in [0.05, 0.1) is 29.3 Å². The second-order valence-electron chi connectivity index (χ2n) is 7.19. The van der Waals surface area contributed by atoms with E-state index < -0.39 is 6.04 Å². The predicted molar refractivity (Wildman–Crippen MR) is 114 cm³/mol. The molecule has 0 bridgehead atoms. The molecule has 156 valence electrons. The van der Waals surface area contributed by atoms with E-state index in [2.05, 4.69) is 20.8 Å². The second-order valence-corrected chi connectivity index (χ2v) is 9.13. The van der Waals surface area contributed by atoms with E-state index in [1.54, 1.807) is 40.9 Å². The lowest BCUT2D eigenvalue weighted by Crippen LogP contribution is -2.45. The number of benzene rings is 1. The van der Waals surface area contributed by atoms with Crippen molar-refractivity contribution in [2.24, 2.45) is 0 Å². The Kier molecular flexibility index (Phi) is 6.54. The summed E-state index contributed by atoms with van der Waals surface area (Å²) in [5.41, 5.74) is 1.13. The van der Waals surface area contributed by atoms with E-state index in [-0.39, 0.29) is 17.6 Å². The number of amides is 2. The normalized spacial score (nSPS) is 19.0. The molecule has 0 radical (unpaired) electrons. The lowest BCUT2D eigenvalue weighted by atomic mass is 10.2. The minimum Gasteiger partial charge on any atom is -0.324 e. The standard InChI is InChI=1S/C19H21N7O2S2/c20-9-13-5-7-14(8-6-13)21-18(28)16-10-29-12-25(16)17(27)11-30-19-22-23-24-26(19)15-3-1-2-4-15/h5-8,15-16H,1-4,10-12H2,(H,21,28). The zero-order valence-electron chi connectivity index (χ0n) is 16.2. The average Bonchev–Trinajstić information content (AvgIpc) is 3.53. The number of rotatable bonds is 6. The molecular formula is C19H21N7O2S2. The van der Waals surface area contributed by atoms with Crippen molar-refractivity contribution in [2.45, 2.75) is 42.9 Å². The summed E-state index contributed by atoms with van der Waals surface area (Å²) in [4.78, 5) is 27.2. The molecule has 2 fully saturated rings. The SMILES string of the molecule is N#Cc1ccc(NC(=O)C2CSCN2C(=O)CSc2nnnn2C2CCCC2)cc1. The summed E-state index contributed by atoms with van der Waals surface area (Å²) in [7, 11) is 0. The number of nitriles is 1. The summed E-state index contributed by atoms with van der Waals surface area (Å²) >= 11 is 2.88. The fraction of sp³-hybridized carbons (Fsp3) is 0.474. The van der Waals surface area contributed by atoms with Crippen LogP contribution in [0.15, 0.2) is 29.4 Å². The zero-order valence-corrected chi connectivity index (χ0v) is 17.9. The van der Waals surface area contributed by atoms with Gasteiger partial charge in [-0.2, -0.15) is 5.26 Å². The van der Waals surface area contributed by atoms with E-state index >= 15 is 0 Å². The molecule has 4 rings (SSSR count). The summed E-state index contributed by atoms with van der Waals surface area (Å²) < 4.78 is 1.83. The Morgan fingerprint density at radius 3 is 2.77 bits per heavy atom. The van der Waals surface area contributed by atoms with Crippen molar-refractivity contribution in [1.29, 1.82) is 5.26 Å². The molecule has 1 aromatic heterocycles. The monoisotopic (exact) mass is 443 g/mol. The van der Waals surface area contributed by atoms with Gasteiger partial charge >= 0.3 is 0 Å². The molecule has 2 aromatic rings. The van der Waals surface area contributed by atoms with Crippen molar-refractivity contribution in [3.8, 4) is 6.07 Å². The lowest BCUT2D eigenvalue weighted by molar-refractivity contribution is -0.134. The minimum absolute atomic E-state index is 0.106. The summed E-state index contributed by atoms with van der Waals surface area (Å²) in [6.45, 7) is 0. The Morgan fingerprint density at radius 2 is 2.03 bits per heavy atom. The quantitative estimate of drug-likeness (QED) is 0.676. The van der Waals surface area contributed by atoms with Gasteiger partial charge in [0.2, 0.25) is 17.0 Å².